The molecule has 3 unspecified atom stereocenters. The second-order valence-electron chi connectivity index (χ2n) is 12.3. The zero-order chi connectivity index (χ0) is 30.5. The zero-order valence-electron chi connectivity index (χ0n) is 25.3. The molecule has 0 aromatic carbocycles. The summed E-state index contributed by atoms with van der Waals surface area (Å²) < 4.78 is 29.4. The lowest BCUT2D eigenvalue weighted by Gasteiger charge is -2.39. The number of piperidine rings is 1. The zero-order valence-corrected chi connectivity index (χ0v) is 25.3. The number of carbonyl (C=O) groups is 1. The van der Waals surface area contributed by atoms with Crippen molar-refractivity contribution < 1.29 is 18.7 Å². The molecule has 2 aliphatic rings. The van der Waals surface area contributed by atoms with Crippen LogP contribution in [0.4, 0.5) is 9.18 Å². The molecule has 4 aromatic rings. The topological polar surface area (TPSA) is 99.7 Å². The summed E-state index contributed by atoms with van der Waals surface area (Å²) in [6.45, 7) is 11.3. The van der Waals surface area contributed by atoms with Crippen LogP contribution in [0.2, 0.25) is 0 Å². The van der Waals surface area contributed by atoms with E-state index in [9.17, 15) is 9.18 Å². The Hall–Kier alpha value is -4.46. The van der Waals surface area contributed by atoms with E-state index in [1.165, 1.54) is 12.3 Å². The van der Waals surface area contributed by atoms with E-state index >= 15 is 0 Å². The van der Waals surface area contributed by atoms with Gasteiger partial charge in [0.05, 0.1) is 29.8 Å². The van der Waals surface area contributed by atoms with Crippen LogP contribution in [-0.2, 0) is 4.74 Å². The summed E-state index contributed by atoms with van der Waals surface area (Å²) in [6.07, 6.45) is 5.71. The second kappa shape index (κ2) is 11.0. The standard InChI is InChI=1S/C32H36FN7O3/c1-7-8-25-18-35-28-13-21(14-29(39(25)28)42-20(3)27-12-9-22(33)17-34-27)30-19(2)40(37-36-30)26-15-23-10-11-24(16-26)38(23)31(41)43-32(4,5)6/h9,12-14,17-18,20,23-24,26H,10-11,15-16H2,1-6H3. The Kier molecular flexibility index (Phi) is 7.32. The lowest BCUT2D eigenvalue weighted by molar-refractivity contribution is 0.00214. The van der Waals surface area contributed by atoms with Gasteiger partial charge < -0.3 is 14.4 Å². The second-order valence-corrected chi connectivity index (χ2v) is 12.3. The van der Waals surface area contributed by atoms with Crippen molar-refractivity contribution in [3.63, 3.8) is 0 Å². The number of halogens is 1. The number of fused-ring (bicyclic) bond motifs is 3. The Morgan fingerprint density at radius 3 is 2.49 bits per heavy atom. The lowest BCUT2D eigenvalue weighted by Crippen LogP contribution is -2.49. The molecule has 2 fully saturated rings. The summed E-state index contributed by atoms with van der Waals surface area (Å²) in [7, 11) is 0. The monoisotopic (exact) mass is 585 g/mol. The van der Waals surface area contributed by atoms with E-state index in [4.69, 9.17) is 9.47 Å². The third-order valence-electron chi connectivity index (χ3n) is 8.15. The number of imidazole rings is 1. The van der Waals surface area contributed by atoms with Crippen LogP contribution in [0, 0.1) is 24.6 Å². The molecule has 224 valence electrons. The van der Waals surface area contributed by atoms with Crippen LogP contribution in [0.5, 0.6) is 5.88 Å². The summed E-state index contributed by atoms with van der Waals surface area (Å²) in [6, 6.07) is 7.19. The van der Waals surface area contributed by atoms with Crippen LogP contribution < -0.4 is 4.74 Å². The summed E-state index contributed by atoms with van der Waals surface area (Å²) in [4.78, 5) is 23.7. The first kappa shape index (κ1) is 28.6. The summed E-state index contributed by atoms with van der Waals surface area (Å²) in [5, 5.41) is 9.20. The van der Waals surface area contributed by atoms with Gasteiger partial charge in [0.2, 0.25) is 5.88 Å². The summed E-state index contributed by atoms with van der Waals surface area (Å²) in [5.41, 5.74) is 3.87. The van der Waals surface area contributed by atoms with Crippen LogP contribution in [0.25, 0.3) is 16.9 Å². The smallest absolute Gasteiger partial charge is 0.410 e. The molecular formula is C32H36FN7O3. The van der Waals surface area contributed by atoms with E-state index in [-0.39, 0.29) is 24.2 Å². The Morgan fingerprint density at radius 1 is 1.09 bits per heavy atom. The van der Waals surface area contributed by atoms with E-state index in [0.717, 1.165) is 42.6 Å². The third kappa shape index (κ3) is 5.54. The highest BCUT2D eigenvalue weighted by atomic mass is 19.1. The van der Waals surface area contributed by atoms with Crippen molar-refractivity contribution in [1.82, 2.24) is 34.3 Å². The fourth-order valence-electron chi connectivity index (χ4n) is 6.30. The Labute approximate surface area is 250 Å². The van der Waals surface area contributed by atoms with Crippen molar-refractivity contribution in [2.45, 2.75) is 97.1 Å². The minimum atomic E-state index is -0.527. The molecule has 2 bridgehead atoms. The minimum Gasteiger partial charge on any atom is -0.469 e. The molecule has 43 heavy (non-hydrogen) atoms. The van der Waals surface area contributed by atoms with Crippen LogP contribution >= 0.6 is 0 Å². The van der Waals surface area contributed by atoms with Crippen molar-refractivity contribution in [3.05, 3.63) is 59.6 Å². The van der Waals surface area contributed by atoms with Crippen LogP contribution in [0.15, 0.2) is 36.7 Å². The van der Waals surface area contributed by atoms with Gasteiger partial charge in [0.1, 0.15) is 34.6 Å². The predicted molar refractivity (Wildman–Crippen MR) is 158 cm³/mol. The molecule has 2 aliphatic heterocycles. The van der Waals surface area contributed by atoms with Gasteiger partial charge in [-0.15, -0.1) is 5.10 Å². The first-order chi connectivity index (χ1) is 20.5. The fourth-order valence-corrected chi connectivity index (χ4v) is 6.30. The maximum atomic E-state index is 13.5. The first-order valence-electron chi connectivity index (χ1n) is 14.7. The Bertz CT molecular complexity index is 1710. The van der Waals surface area contributed by atoms with Gasteiger partial charge >= 0.3 is 6.09 Å². The van der Waals surface area contributed by atoms with Crippen molar-refractivity contribution >= 4 is 11.7 Å². The van der Waals surface area contributed by atoms with Gasteiger partial charge in [-0.25, -0.2) is 18.9 Å². The number of pyridine rings is 2. The highest BCUT2D eigenvalue weighted by Gasteiger charge is 2.46. The SMILES string of the molecule is CC#Cc1cnc2cc(-c3nnn(C4CC5CCC(C4)N5C(=O)OC(C)(C)C)c3C)cc(OC(C)c3ccc(F)cn3)n12. The quantitative estimate of drug-likeness (QED) is 0.263. The van der Waals surface area contributed by atoms with Gasteiger partial charge in [-0.05, 0) is 91.3 Å². The highest BCUT2D eigenvalue weighted by molar-refractivity contribution is 5.70. The molecule has 0 N–H and O–H groups in total. The number of nitrogens with zero attached hydrogens (tertiary/aromatic N) is 7. The molecule has 0 spiro atoms. The molecule has 10 nitrogen and oxygen atoms in total. The molecule has 1 amide bonds. The third-order valence-corrected chi connectivity index (χ3v) is 8.15. The largest absolute Gasteiger partial charge is 0.469 e. The predicted octanol–water partition coefficient (Wildman–Crippen LogP) is 6.05. The first-order valence-corrected chi connectivity index (χ1v) is 14.7. The molecule has 6 heterocycles. The average Bonchev–Trinajstić information content (AvgIpc) is 3.61. The van der Waals surface area contributed by atoms with E-state index in [2.05, 4.69) is 32.1 Å². The van der Waals surface area contributed by atoms with Crippen molar-refractivity contribution in [3.8, 4) is 29.0 Å². The van der Waals surface area contributed by atoms with Gasteiger partial charge in [-0.3, -0.25) is 9.38 Å². The highest BCUT2D eigenvalue weighted by Crippen LogP contribution is 2.42. The van der Waals surface area contributed by atoms with Crippen LogP contribution in [-0.4, -0.2) is 58.0 Å². The normalized spacial score (nSPS) is 20.5. The Morgan fingerprint density at radius 2 is 1.84 bits per heavy atom. The molecule has 0 radical (unpaired) electrons. The summed E-state index contributed by atoms with van der Waals surface area (Å²) >= 11 is 0. The molecule has 11 heteroatoms. The average molecular weight is 586 g/mol. The maximum Gasteiger partial charge on any atom is 0.410 e. The lowest BCUT2D eigenvalue weighted by atomic mass is 9.97. The van der Waals surface area contributed by atoms with Crippen LogP contribution in [0.3, 0.4) is 0 Å². The number of hydrogen-bond acceptors (Lipinski definition) is 7. The van der Waals surface area contributed by atoms with Crippen molar-refractivity contribution in [2.24, 2.45) is 0 Å². The van der Waals surface area contributed by atoms with E-state index < -0.39 is 17.5 Å². The number of carbonyl (C=O) groups excluding carboxylic acids is 1. The molecule has 0 saturated carbocycles. The molecular weight excluding hydrogens is 549 g/mol. The van der Waals surface area contributed by atoms with Gasteiger partial charge in [-0.2, -0.15) is 0 Å². The van der Waals surface area contributed by atoms with E-state index in [0.29, 0.717) is 22.9 Å². The fraction of sp³-hybridized carbons (Fsp3) is 0.469. The summed E-state index contributed by atoms with van der Waals surface area (Å²) in [5.74, 6) is 6.12. The molecule has 6 rings (SSSR count). The van der Waals surface area contributed by atoms with Gasteiger partial charge in [0.15, 0.2) is 0 Å². The van der Waals surface area contributed by atoms with Crippen LogP contribution in [0.1, 0.15) is 89.5 Å². The molecule has 3 atom stereocenters. The van der Waals surface area contributed by atoms with E-state index in [1.54, 1.807) is 19.2 Å². The minimum absolute atomic E-state index is 0.117. The van der Waals surface area contributed by atoms with Gasteiger partial charge in [0.25, 0.3) is 0 Å². The number of hydrogen-bond donors (Lipinski definition) is 0. The van der Waals surface area contributed by atoms with Crippen molar-refractivity contribution in [1.29, 1.82) is 0 Å². The van der Waals surface area contributed by atoms with Gasteiger partial charge in [-0.1, -0.05) is 11.1 Å². The number of rotatable bonds is 5. The van der Waals surface area contributed by atoms with Gasteiger partial charge in [0, 0.05) is 23.7 Å². The molecule has 0 aliphatic carbocycles. The molecule has 4 aromatic heterocycles. The number of ether oxygens (including phenoxy) is 2. The number of aromatic nitrogens is 6. The Balaban J connectivity index is 1.30. The molecule has 2 saturated heterocycles. The maximum absolute atomic E-state index is 13.5. The van der Waals surface area contributed by atoms with E-state index in [1.807, 2.05) is 60.7 Å². The number of amides is 1. The van der Waals surface area contributed by atoms with Crippen molar-refractivity contribution in [2.75, 3.05) is 0 Å².